The Bertz CT molecular complexity index is 518. The molecule has 2 nitrogen and oxygen atoms in total. The second kappa shape index (κ2) is 5.26. The van der Waals surface area contributed by atoms with Gasteiger partial charge in [-0.05, 0) is 44.4 Å². The summed E-state index contributed by atoms with van der Waals surface area (Å²) in [5.74, 6) is 0. The van der Waals surface area contributed by atoms with Crippen LogP contribution in [-0.4, -0.2) is 9.97 Å². The molecule has 0 aliphatic carbocycles. The summed E-state index contributed by atoms with van der Waals surface area (Å²) in [6.45, 7) is 6.26. The van der Waals surface area contributed by atoms with Gasteiger partial charge in [0.2, 0.25) is 0 Å². The van der Waals surface area contributed by atoms with Crippen LogP contribution in [0.3, 0.4) is 0 Å². The molecule has 0 N–H and O–H groups in total. The fraction of sp³-hybridized carbons (Fsp3) is 0.467. The average Bonchev–Trinajstić information content (AvgIpc) is 2.31. The standard InChI is InChI=1S/C15H20N2/c1-4-5-6-7-13-8-9-14-15(10-13)17-12(3)11(2)16-14/h8-10H,4-7H2,1-3H3. The summed E-state index contributed by atoms with van der Waals surface area (Å²) >= 11 is 0. The highest BCUT2D eigenvalue weighted by Crippen LogP contribution is 2.16. The summed E-state index contributed by atoms with van der Waals surface area (Å²) < 4.78 is 0. The van der Waals surface area contributed by atoms with E-state index >= 15 is 0 Å². The minimum absolute atomic E-state index is 1.01. The quantitative estimate of drug-likeness (QED) is 0.740. The first-order valence-corrected chi connectivity index (χ1v) is 6.44. The molecular formula is C15H20N2. The van der Waals surface area contributed by atoms with Gasteiger partial charge in [0.15, 0.2) is 0 Å². The third-order valence-electron chi connectivity index (χ3n) is 3.21. The van der Waals surface area contributed by atoms with Gasteiger partial charge in [-0.1, -0.05) is 25.8 Å². The molecular weight excluding hydrogens is 208 g/mol. The van der Waals surface area contributed by atoms with Gasteiger partial charge in [-0.15, -0.1) is 0 Å². The number of aromatic nitrogens is 2. The zero-order valence-corrected chi connectivity index (χ0v) is 11.0. The summed E-state index contributed by atoms with van der Waals surface area (Å²) in [4.78, 5) is 9.15. The number of benzene rings is 1. The predicted molar refractivity (Wildman–Crippen MR) is 72.2 cm³/mol. The van der Waals surface area contributed by atoms with E-state index in [1.165, 1.54) is 24.8 Å². The van der Waals surface area contributed by atoms with Crippen molar-refractivity contribution in [2.24, 2.45) is 0 Å². The molecule has 0 spiro atoms. The van der Waals surface area contributed by atoms with Gasteiger partial charge in [0.25, 0.3) is 0 Å². The molecule has 0 bridgehead atoms. The minimum Gasteiger partial charge on any atom is -0.250 e. The number of hydrogen-bond acceptors (Lipinski definition) is 2. The van der Waals surface area contributed by atoms with Gasteiger partial charge >= 0.3 is 0 Å². The lowest BCUT2D eigenvalue weighted by atomic mass is 10.1. The molecule has 0 amide bonds. The van der Waals surface area contributed by atoms with Crippen molar-refractivity contribution in [2.75, 3.05) is 0 Å². The first-order chi connectivity index (χ1) is 8.20. The fourth-order valence-corrected chi connectivity index (χ4v) is 2.01. The first kappa shape index (κ1) is 12.0. The van der Waals surface area contributed by atoms with Crippen LogP contribution in [0.2, 0.25) is 0 Å². The highest BCUT2D eigenvalue weighted by atomic mass is 14.8. The maximum atomic E-state index is 4.60. The molecule has 2 rings (SSSR count). The van der Waals surface area contributed by atoms with Crippen molar-refractivity contribution < 1.29 is 0 Å². The van der Waals surface area contributed by atoms with Crippen molar-refractivity contribution in [2.45, 2.75) is 46.5 Å². The van der Waals surface area contributed by atoms with Crippen LogP contribution in [0.1, 0.15) is 43.1 Å². The van der Waals surface area contributed by atoms with E-state index < -0.39 is 0 Å². The average molecular weight is 228 g/mol. The summed E-state index contributed by atoms with van der Waals surface area (Å²) in [6.07, 6.45) is 4.99. The second-order valence-electron chi connectivity index (χ2n) is 4.67. The van der Waals surface area contributed by atoms with E-state index in [0.29, 0.717) is 0 Å². The lowest BCUT2D eigenvalue weighted by Crippen LogP contribution is -1.94. The van der Waals surface area contributed by atoms with Crippen molar-refractivity contribution in [1.82, 2.24) is 9.97 Å². The molecule has 0 aliphatic heterocycles. The van der Waals surface area contributed by atoms with Crippen LogP contribution in [0.15, 0.2) is 18.2 Å². The Morgan fingerprint density at radius 3 is 2.35 bits per heavy atom. The Labute approximate surface area is 103 Å². The Balaban J connectivity index is 2.27. The summed E-state index contributed by atoms with van der Waals surface area (Å²) in [6, 6.07) is 6.46. The van der Waals surface area contributed by atoms with Crippen molar-refractivity contribution in [3.63, 3.8) is 0 Å². The van der Waals surface area contributed by atoms with E-state index in [4.69, 9.17) is 0 Å². The van der Waals surface area contributed by atoms with Gasteiger partial charge in [-0.25, -0.2) is 9.97 Å². The number of fused-ring (bicyclic) bond motifs is 1. The predicted octanol–water partition coefficient (Wildman–Crippen LogP) is 3.98. The second-order valence-corrected chi connectivity index (χ2v) is 4.67. The molecule has 1 heterocycles. The van der Waals surface area contributed by atoms with Crippen molar-refractivity contribution >= 4 is 11.0 Å². The number of rotatable bonds is 4. The maximum absolute atomic E-state index is 4.60. The van der Waals surface area contributed by atoms with Gasteiger partial charge in [-0.2, -0.15) is 0 Å². The molecule has 1 aromatic heterocycles. The summed E-state index contributed by atoms with van der Waals surface area (Å²) in [5.41, 5.74) is 5.47. The number of unbranched alkanes of at least 4 members (excludes halogenated alkanes) is 2. The van der Waals surface area contributed by atoms with Crippen LogP contribution in [0, 0.1) is 13.8 Å². The molecule has 17 heavy (non-hydrogen) atoms. The Kier molecular flexibility index (Phi) is 3.72. The molecule has 90 valence electrons. The molecule has 2 heteroatoms. The van der Waals surface area contributed by atoms with E-state index in [1.807, 2.05) is 13.8 Å². The van der Waals surface area contributed by atoms with Crippen LogP contribution < -0.4 is 0 Å². The highest BCUT2D eigenvalue weighted by molar-refractivity contribution is 5.75. The SMILES string of the molecule is CCCCCc1ccc2nc(C)c(C)nc2c1. The smallest absolute Gasteiger partial charge is 0.0892 e. The van der Waals surface area contributed by atoms with Crippen LogP contribution in [-0.2, 0) is 6.42 Å². The van der Waals surface area contributed by atoms with Gasteiger partial charge in [-0.3, -0.25) is 0 Å². The fourth-order valence-electron chi connectivity index (χ4n) is 2.01. The lowest BCUT2D eigenvalue weighted by molar-refractivity contribution is 0.718. The van der Waals surface area contributed by atoms with Crippen molar-refractivity contribution in [3.8, 4) is 0 Å². The molecule has 0 unspecified atom stereocenters. The maximum Gasteiger partial charge on any atom is 0.0892 e. The van der Waals surface area contributed by atoms with Crippen LogP contribution >= 0.6 is 0 Å². The molecule has 1 aromatic carbocycles. The minimum atomic E-state index is 1.01. The van der Waals surface area contributed by atoms with Crippen molar-refractivity contribution in [3.05, 3.63) is 35.2 Å². The number of hydrogen-bond donors (Lipinski definition) is 0. The van der Waals surface area contributed by atoms with E-state index in [1.54, 1.807) is 0 Å². The van der Waals surface area contributed by atoms with Gasteiger partial charge in [0.1, 0.15) is 0 Å². The van der Waals surface area contributed by atoms with E-state index in [0.717, 1.165) is 28.8 Å². The van der Waals surface area contributed by atoms with Gasteiger partial charge in [0, 0.05) is 0 Å². The molecule has 0 atom stereocenters. The number of aryl methyl sites for hydroxylation is 3. The Morgan fingerprint density at radius 1 is 0.941 bits per heavy atom. The zero-order valence-electron chi connectivity index (χ0n) is 11.0. The monoisotopic (exact) mass is 228 g/mol. The topological polar surface area (TPSA) is 25.8 Å². The zero-order chi connectivity index (χ0) is 12.3. The summed E-state index contributed by atoms with van der Waals surface area (Å²) in [7, 11) is 0. The normalized spacial score (nSPS) is 11.0. The first-order valence-electron chi connectivity index (χ1n) is 6.44. The van der Waals surface area contributed by atoms with Gasteiger partial charge < -0.3 is 0 Å². The molecule has 0 fully saturated rings. The molecule has 2 aromatic rings. The van der Waals surface area contributed by atoms with E-state index in [2.05, 4.69) is 35.1 Å². The van der Waals surface area contributed by atoms with Crippen LogP contribution in [0.4, 0.5) is 0 Å². The third kappa shape index (κ3) is 2.82. The Morgan fingerprint density at radius 2 is 1.65 bits per heavy atom. The van der Waals surface area contributed by atoms with Crippen LogP contribution in [0.25, 0.3) is 11.0 Å². The van der Waals surface area contributed by atoms with E-state index in [-0.39, 0.29) is 0 Å². The van der Waals surface area contributed by atoms with Crippen molar-refractivity contribution in [1.29, 1.82) is 0 Å². The molecule has 0 saturated carbocycles. The highest BCUT2D eigenvalue weighted by Gasteiger charge is 2.02. The Hall–Kier alpha value is -1.44. The molecule has 0 aliphatic rings. The van der Waals surface area contributed by atoms with Gasteiger partial charge in [0.05, 0.1) is 22.4 Å². The third-order valence-corrected chi connectivity index (χ3v) is 3.21. The number of nitrogens with zero attached hydrogens (tertiary/aromatic N) is 2. The van der Waals surface area contributed by atoms with E-state index in [9.17, 15) is 0 Å². The van der Waals surface area contributed by atoms with Crippen LogP contribution in [0.5, 0.6) is 0 Å². The molecule has 0 saturated heterocycles. The molecule has 0 radical (unpaired) electrons. The lowest BCUT2D eigenvalue weighted by Gasteiger charge is -2.05. The largest absolute Gasteiger partial charge is 0.250 e. The summed E-state index contributed by atoms with van der Waals surface area (Å²) in [5, 5.41) is 0.